The lowest BCUT2D eigenvalue weighted by molar-refractivity contribution is -0.126. The first kappa shape index (κ1) is 13.7. The Hall–Kier alpha value is -1.22. The summed E-state index contributed by atoms with van der Waals surface area (Å²) in [5, 5.41) is 0. The van der Waals surface area contributed by atoms with Crippen LogP contribution in [-0.4, -0.2) is 34.8 Å². The average Bonchev–Trinajstić information content (AvgIpc) is 2.95. The number of hydrogen-bond donors (Lipinski definition) is 0. The monoisotopic (exact) mass is 272 g/mol. The van der Waals surface area contributed by atoms with Crippen LogP contribution in [0, 0.1) is 5.92 Å². The summed E-state index contributed by atoms with van der Waals surface area (Å²) in [5.41, 5.74) is 1.30. The second kappa shape index (κ2) is 6.49. The van der Waals surface area contributed by atoms with Crippen molar-refractivity contribution < 1.29 is 4.79 Å². The second-order valence-corrected chi connectivity index (χ2v) is 6.18. The van der Waals surface area contributed by atoms with Crippen LogP contribution in [0.25, 0.3) is 0 Å². The third-order valence-electron chi connectivity index (χ3n) is 4.89. The van der Waals surface area contributed by atoms with E-state index in [1.54, 1.807) is 0 Å². The van der Waals surface area contributed by atoms with E-state index in [1.165, 1.54) is 24.8 Å². The summed E-state index contributed by atoms with van der Waals surface area (Å²) in [6, 6.07) is 4.66. The molecule has 0 aromatic carbocycles. The van der Waals surface area contributed by atoms with Gasteiger partial charge in [0, 0.05) is 37.3 Å². The minimum Gasteiger partial charge on any atom is -0.299 e. The fourth-order valence-electron chi connectivity index (χ4n) is 3.82. The van der Waals surface area contributed by atoms with Crippen molar-refractivity contribution in [2.45, 2.75) is 51.0 Å². The summed E-state index contributed by atoms with van der Waals surface area (Å²) in [4.78, 5) is 18.9. The Bertz CT molecular complexity index is 446. The molecule has 0 radical (unpaired) electrons. The van der Waals surface area contributed by atoms with Gasteiger partial charge in [-0.15, -0.1) is 0 Å². The number of carbonyl (C=O) groups is 1. The van der Waals surface area contributed by atoms with Gasteiger partial charge in [-0.2, -0.15) is 0 Å². The maximum atomic E-state index is 12.2. The first-order valence-corrected chi connectivity index (χ1v) is 8.00. The molecule has 20 heavy (non-hydrogen) atoms. The highest BCUT2D eigenvalue weighted by atomic mass is 16.1. The van der Waals surface area contributed by atoms with E-state index in [1.807, 2.05) is 18.5 Å². The van der Waals surface area contributed by atoms with Gasteiger partial charge < -0.3 is 0 Å². The largest absolute Gasteiger partial charge is 0.299 e. The molecule has 0 N–H and O–H groups in total. The van der Waals surface area contributed by atoms with E-state index in [-0.39, 0.29) is 0 Å². The number of aromatic nitrogens is 1. The van der Waals surface area contributed by atoms with Gasteiger partial charge in [-0.1, -0.05) is 12.5 Å². The molecule has 0 bridgehead atoms. The smallest absolute Gasteiger partial charge is 0.137 e. The van der Waals surface area contributed by atoms with E-state index in [0.29, 0.717) is 17.7 Å². The predicted molar refractivity (Wildman–Crippen MR) is 79.5 cm³/mol. The van der Waals surface area contributed by atoms with E-state index in [4.69, 9.17) is 0 Å². The molecule has 3 nitrogen and oxygen atoms in total. The summed E-state index contributed by atoms with van der Waals surface area (Å²) in [5.74, 6) is 0.842. The van der Waals surface area contributed by atoms with Gasteiger partial charge in [0.1, 0.15) is 5.78 Å². The zero-order chi connectivity index (χ0) is 13.8. The molecule has 1 aromatic rings. The highest BCUT2D eigenvalue weighted by Gasteiger charge is 2.36. The van der Waals surface area contributed by atoms with Crippen LogP contribution < -0.4 is 0 Å². The molecule has 108 valence electrons. The average molecular weight is 272 g/mol. The predicted octanol–water partition coefficient (Wildman–Crippen LogP) is 2.85. The van der Waals surface area contributed by atoms with Crippen LogP contribution in [0.3, 0.4) is 0 Å². The van der Waals surface area contributed by atoms with Crippen molar-refractivity contribution in [3.8, 4) is 0 Å². The molecule has 3 rings (SSSR count). The summed E-state index contributed by atoms with van der Waals surface area (Å²) in [6.45, 7) is 2.23. The molecule has 2 fully saturated rings. The Morgan fingerprint density at radius 2 is 2.20 bits per heavy atom. The molecule has 2 unspecified atom stereocenters. The lowest BCUT2D eigenvalue weighted by Gasteiger charge is -2.33. The molecule has 2 atom stereocenters. The van der Waals surface area contributed by atoms with Gasteiger partial charge in [-0.25, -0.2) is 0 Å². The number of pyridine rings is 1. The molecular formula is C17H24N2O. The van der Waals surface area contributed by atoms with Crippen molar-refractivity contribution in [2.75, 3.05) is 13.1 Å². The summed E-state index contributed by atoms with van der Waals surface area (Å²) in [6.07, 6.45) is 11.6. The second-order valence-electron chi connectivity index (χ2n) is 6.18. The Kier molecular flexibility index (Phi) is 4.46. The summed E-state index contributed by atoms with van der Waals surface area (Å²) < 4.78 is 0. The minimum atomic E-state index is 0.320. The molecule has 3 heteroatoms. The Balaban J connectivity index is 1.59. The zero-order valence-electron chi connectivity index (χ0n) is 12.1. The van der Waals surface area contributed by atoms with E-state index in [0.717, 1.165) is 38.8 Å². The van der Waals surface area contributed by atoms with E-state index in [9.17, 15) is 4.79 Å². The highest BCUT2D eigenvalue weighted by molar-refractivity contribution is 5.82. The van der Waals surface area contributed by atoms with Gasteiger partial charge in [0.05, 0.1) is 0 Å². The molecule has 1 aliphatic carbocycles. The van der Waals surface area contributed by atoms with Crippen molar-refractivity contribution in [2.24, 2.45) is 5.92 Å². The number of Topliss-reactive ketones (excluding diaryl/α,β-unsaturated/α-hetero) is 1. The fraction of sp³-hybridized carbons (Fsp3) is 0.647. The lowest BCUT2D eigenvalue weighted by atomic mass is 9.82. The maximum absolute atomic E-state index is 12.2. The number of hydrogen-bond acceptors (Lipinski definition) is 3. The van der Waals surface area contributed by atoms with E-state index < -0.39 is 0 Å². The van der Waals surface area contributed by atoms with Crippen LogP contribution in [0.1, 0.15) is 44.1 Å². The Morgan fingerprint density at radius 1 is 1.25 bits per heavy atom. The van der Waals surface area contributed by atoms with Crippen molar-refractivity contribution in [3.05, 3.63) is 30.1 Å². The first-order valence-electron chi connectivity index (χ1n) is 8.00. The molecule has 1 saturated heterocycles. The third-order valence-corrected chi connectivity index (χ3v) is 4.89. The standard InChI is InChI=1S/C17H24N2O/c20-17-8-2-1-6-15(17)16-7-4-11-19(16)12-9-14-5-3-10-18-13-14/h3,5,10,13,15-16H,1-2,4,6-9,11-12H2. The van der Waals surface area contributed by atoms with Gasteiger partial charge >= 0.3 is 0 Å². The Morgan fingerprint density at radius 3 is 3.00 bits per heavy atom. The van der Waals surface area contributed by atoms with Crippen LogP contribution in [0.5, 0.6) is 0 Å². The van der Waals surface area contributed by atoms with E-state index >= 15 is 0 Å². The molecule has 0 amide bonds. The van der Waals surface area contributed by atoms with Gasteiger partial charge in [-0.05, 0) is 50.3 Å². The SMILES string of the molecule is O=C1CCCCC1C1CCCN1CCc1cccnc1. The van der Waals surface area contributed by atoms with Crippen molar-refractivity contribution in [3.63, 3.8) is 0 Å². The molecule has 2 heterocycles. The van der Waals surface area contributed by atoms with Crippen LogP contribution in [0.15, 0.2) is 24.5 Å². The molecule has 1 aromatic heterocycles. The lowest BCUT2D eigenvalue weighted by Crippen LogP contribution is -2.41. The van der Waals surface area contributed by atoms with Gasteiger partial charge in [0.15, 0.2) is 0 Å². The van der Waals surface area contributed by atoms with Gasteiger partial charge in [-0.3, -0.25) is 14.7 Å². The molecular weight excluding hydrogens is 248 g/mol. The van der Waals surface area contributed by atoms with Crippen molar-refractivity contribution >= 4 is 5.78 Å². The van der Waals surface area contributed by atoms with Crippen molar-refractivity contribution in [1.29, 1.82) is 0 Å². The first-order chi connectivity index (χ1) is 9.84. The van der Waals surface area contributed by atoms with Gasteiger partial charge in [0.2, 0.25) is 0 Å². The van der Waals surface area contributed by atoms with E-state index in [2.05, 4.69) is 16.0 Å². The molecule has 1 saturated carbocycles. The normalized spacial score (nSPS) is 27.9. The quantitative estimate of drug-likeness (QED) is 0.845. The zero-order valence-corrected chi connectivity index (χ0v) is 12.1. The summed E-state index contributed by atoms with van der Waals surface area (Å²) >= 11 is 0. The number of ketones is 1. The highest BCUT2D eigenvalue weighted by Crippen LogP contribution is 2.32. The van der Waals surface area contributed by atoms with Crippen LogP contribution in [0.2, 0.25) is 0 Å². The Labute approximate surface area is 121 Å². The number of likely N-dealkylation sites (tertiary alicyclic amines) is 1. The van der Waals surface area contributed by atoms with Crippen LogP contribution in [0.4, 0.5) is 0 Å². The fourth-order valence-corrected chi connectivity index (χ4v) is 3.82. The van der Waals surface area contributed by atoms with Gasteiger partial charge in [0.25, 0.3) is 0 Å². The summed E-state index contributed by atoms with van der Waals surface area (Å²) in [7, 11) is 0. The third kappa shape index (κ3) is 3.09. The number of rotatable bonds is 4. The van der Waals surface area contributed by atoms with Crippen molar-refractivity contribution in [1.82, 2.24) is 9.88 Å². The minimum absolute atomic E-state index is 0.320. The van der Waals surface area contributed by atoms with Crippen LogP contribution in [-0.2, 0) is 11.2 Å². The number of nitrogens with zero attached hydrogens (tertiary/aromatic N) is 2. The molecule has 1 aliphatic heterocycles. The topological polar surface area (TPSA) is 33.2 Å². The maximum Gasteiger partial charge on any atom is 0.137 e. The molecule has 0 spiro atoms. The molecule has 2 aliphatic rings. The van der Waals surface area contributed by atoms with Crippen LogP contribution >= 0.6 is 0 Å². The number of carbonyl (C=O) groups excluding carboxylic acids is 1.